The zero-order valence-electron chi connectivity index (χ0n) is 32.7. The number of nitrogens with two attached hydrogens (primary N) is 2. The van der Waals surface area contributed by atoms with E-state index in [1.807, 2.05) is 55.4 Å². The van der Waals surface area contributed by atoms with Crippen LogP contribution in [-0.4, -0.2) is 112 Å². The number of primary amides is 2. The zero-order valence-corrected chi connectivity index (χ0v) is 34.3. The average molecular weight is 800 g/mol. The number of nitro groups is 1. The normalized spacial score (nSPS) is 14.2. The number of benzene rings is 2. The SMILES string of the molecule is CC.CC.CC.CC.C[N+](=O)[O-].NC(=O)c1[nH]c2ccccc2c1S(=O)(=O)N1CCOCC1.NC(=O)c1[nH]c2ccccc2c1S(=O)(=O)N1CCOCC1. The monoisotopic (exact) mass is 799 g/mol. The van der Waals surface area contributed by atoms with Crippen LogP contribution in [0.1, 0.15) is 76.4 Å². The van der Waals surface area contributed by atoms with Crippen molar-refractivity contribution < 1.29 is 40.8 Å². The van der Waals surface area contributed by atoms with Gasteiger partial charge in [0.2, 0.25) is 20.0 Å². The van der Waals surface area contributed by atoms with Gasteiger partial charge in [-0.3, -0.25) is 19.7 Å². The smallest absolute Gasteiger partial charge is 0.266 e. The predicted molar refractivity (Wildman–Crippen MR) is 211 cm³/mol. The van der Waals surface area contributed by atoms with Crippen LogP contribution in [0.3, 0.4) is 0 Å². The van der Waals surface area contributed by atoms with E-state index in [1.54, 1.807) is 48.5 Å². The number of fused-ring (bicyclic) bond motifs is 2. The van der Waals surface area contributed by atoms with Crippen LogP contribution in [0.25, 0.3) is 21.8 Å². The highest BCUT2D eigenvalue weighted by molar-refractivity contribution is 7.89. The lowest BCUT2D eigenvalue weighted by atomic mass is 10.2. The van der Waals surface area contributed by atoms with Crippen molar-refractivity contribution in [3.63, 3.8) is 0 Å². The molecule has 4 heterocycles. The summed E-state index contributed by atoms with van der Waals surface area (Å²) in [5.74, 6) is -1.59. The van der Waals surface area contributed by atoms with Gasteiger partial charge in [0, 0.05) is 52.9 Å². The molecule has 4 aromatic rings. The van der Waals surface area contributed by atoms with E-state index < -0.39 is 36.8 Å². The predicted octanol–water partition coefficient (Wildman–Crippen LogP) is 4.57. The first-order valence-corrected chi connectivity index (χ1v) is 20.7. The maximum atomic E-state index is 12.8. The van der Waals surface area contributed by atoms with E-state index in [4.69, 9.17) is 31.1 Å². The van der Waals surface area contributed by atoms with Gasteiger partial charge in [0.1, 0.15) is 21.2 Å². The summed E-state index contributed by atoms with van der Waals surface area (Å²) < 4.78 is 64.3. The lowest BCUT2D eigenvalue weighted by Crippen LogP contribution is -2.41. The molecule has 0 bridgehead atoms. The Morgan fingerprint density at radius 2 is 0.889 bits per heavy atom. The minimum absolute atomic E-state index is 0.0486. The number of carbonyl (C=O) groups excluding carboxylic acids is 2. The maximum absolute atomic E-state index is 12.8. The highest BCUT2D eigenvalue weighted by atomic mass is 32.2. The molecule has 0 aliphatic carbocycles. The van der Waals surface area contributed by atoms with Crippen molar-refractivity contribution in [1.82, 2.24) is 18.6 Å². The van der Waals surface area contributed by atoms with Crippen molar-refractivity contribution in [2.45, 2.75) is 65.2 Å². The van der Waals surface area contributed by atoms with Crippen LogP contribution in [-0.2, 0) is 29.5 Å². The first-order chi connectivity index (χ1) is 25.8. The summed E-state index contributed by atoms with van der Waals surface area (Å²) in [5, 5.41) is 9.75. The molecular formula is C35H57N7O10S2. The molecule has 304 valence electrons. The molecule has 2 aliphatic heterocycles. The van der Waals surface area contributed by atoms with Crippen molar-refractivity contribution in [2.24, 2.45) is 11.5 Å². The average Bonchev–Trinajstić information content (AvgIpc) is 3.80. The summed E-state index contributed by atoms with van der Waals surface area (Å²) in [6.07, 6.45) is 0. The van der Waals surface area contributed by atoms with E-state index in [2.05, 4.69) is 9.97 Å². The molecule has 0 radical (unpaired) electrons. The second kappa shape index (κ2) is 24.8. The fourth-order valence-electron chi connectivity index (χ4n) is 4.95. The van der Waals surface area contributed by atoms with Crippen molar-refractivity contribution in [3.8, 4) is 0 Å². The number of aromatic nitrogens is 2. The van der Waals surface area contributed by atoms with Gasteiger partial charge in [0.15, 0.2) is 7.05 Å². The lowest BCUT2D eigenvalue weighted by molar-refractivity contribution is -0.445. The largest absolute Gasteiger partial charge is 0.379 e. The van der Waals surface area contributed by atoms with Crippen molar-refractivity contribution in [1.29, 1.82) is 0 Å². The van der Waals surface area contributed by atoms with E-state index >= 15 is 0 Å². The Kier molecular flexibility index (Phi) is 22.8. The second-order valence-corrected chi connectivity index (χ2v) is 13.7. The summed E-state index contributed by atoms with van der Waals surface area (Å²) >= 11 is 0. The molecule has 19 heteroatoms. The van der Waals surface area contributed by atoms with E-state index in [9.17, 15) is 26.4 Å². The number of rotatable bonds is 6. The molecule has 2 saturated heterocycles. The molecular weight excluding hydrogens is 743 g/mol. The van der Waals surface area contributed by atoms with E-state index in [0.29, 0.717) is 48.2 Å². The minimum atomic E-state index is -3.80. The van der Waals surface area contributed by atoms with E-state index in [1.165, 1.54) is 8.61 Å². The van der Waals surface area contributed by atoms with Crippen LogP contribution in [0.15, 0.2) is 58.3 Å². The summed E-state index contributed by atoms with van der Waals surface area (Å²) in [5.41, 5.74) is 11.6. The van der Waals surface area contributed by atoms with E-state index in [0.717, 1.165) is 7.05 Å². The highest BCUT2D eigenvalue weighted by Gasteiger charge is 2.34. The highest BCUT2D eigenvalue weighted by Crippen LogP contribution is 2.31. The van der Waals surface area contributed by atoms with Gasteiger partial charge in [-0.25, -0.2) is 16.8 Å². The van der Waals surface area contributed by atoms with Gasteiger partial charge < -0.3 is 30.9 Å². The van der Waals surface area contributed by atoms with Gasteiger partial charge in [-0.2, -0.15) is 8.61 Å². The number of carbonyl (C=O) groups is 2. The van der Waals surface area contributed by atoms with Crippen LogP contribution in [0, 0.1) is 10.1 Å². The minimum Gasteiger partial charge on any atom is -0.379 e. The standard InChI is InChI=1S/2C13H15N3O4S.4C2H6.CH3NO2/c2*14-13(17)11-12(9-3-1-2-4-10(9)15-11)21(18,19)16-5-7-20-8-6-16;4*1-2;1-2(3)4/h2*1-4,15H,5-8H2,(H2,14,17);4*1-2H3;1H3. The Labute approximate surface area is 318 Å². The van der Waals surface area contributed by atoms with Gasteiger partial charge in [-0.15, -0.1) is 0 Å². The molecule has 0 spiro atoms. The molecule has 2 amide bonds. The quantitative estimate of drug-likeness (QED) is 0.156. The number of nitrogens with one attached hydrogen (secondary N) is 2. The molecule has 2 aromatic carbocycles. The molecule has 6 rings (SSSR count). The summed E-state index contributed by atoms with van der Waals surface area (Å²) in [4.78, 5) is 37.0. The fourth-order valence-corrected chi connectivity index (χ4v) is 8.45. The Hall–Kier alpha value is -4.40. The number of hydrogen-bond acceptors (Lipinski definition) is 10. The Bertz CT molecular complexity index is 1830. The number of morpholine rings is 2. The molecule has 0 atom stereocenters. The number of nitrogens with zero attached hydrogens (tertiary/aromatic N) is 3. The molecule has 0 saturated carbocycles. The molecule has 54 heavy (non-hydrogen) atoms. The third-order valence-corrected chi connectivity index (χ3v) is 10.9. The number of ether oxygens (including phenoxy) is 2. The first kappa shape index (κ1) is 49.6. The summed E-state index contributed by atoms with van der Waals surface area (Å²) in [6.45, 7) is 18.4. The van der Waals surface area contributed by atoms with Crippen LogP contribution < -0.4 is 11.5 Å². The maximum Gasteiger partial charge on any atom is 0.266 e. The molecule has 2 aromatic heterocycles. The molecule has 2 aliphatic rings. The Morgan fingerprint density at radius 1 is 0.630 bits per heavy atom. The topological polar surface area (TPSA) is 254 Å². The van der Waals surface area contributed by atoms with Gasteiger partial charge in [0.05, 0.1) is 26.4 Å². The summed E-state index contributed by atoms with van der Waals surface area (Å²) in [6, 6.07) is 13.7. The van der Waals surface area contributed by atoms with Gasteiger partial charge >= 0.3 is 0 Å². The zero-order chi connectivity index (χ0) is 41.6. The van der Waals surface area contributed by atoms with Crippen LogP contribution in [0.4, 0.5) is 0 Å². The van der Waals surface area contributed by atoms with Crippen LogP contribution in [0.5, 0.6) is 0 Å². The number of amides is 2. The van der Waals surface area contributed by atoms with Gasteiger partial charge in [0.25, 0.3) is 11.8 Å². The van der Waals surface area contributed by atoms with Crippen molar-refractivity contribution in [3.05, 3.63) is 70.0 Å². The second-order valence-electron chi connectivity index (χ2n) is 9.95. The molecule has 2 fully saturated rings. The first-order valence-electron chi connectivity index (χ1n) is 17.8. The van der Waals surface area contributed by atoms with Crippen molar-refractivity contribution in [2.75, 3.05) is 59.7 Å². The Balaban J connectivity index is 0.000000811. The number of hydrogen-bond donors (Lipinski definition) is 4. The van der Waals surface area contributed by atoms with Crippen LogP contribution >= 0.6 is 0 Å². The number of para-hydroxylation sites is 2. The van der Waals surface area contributed by atoms with E-state index in [-0.39, 0.29) is 47.4 Å². The third kappa shape index (κ3) is 12.9. The summed E-state index contributed by atoms with van der Waals surface area (Å²) in [7, 11) is -6.71. The number of H-pyrrole nitrogens is 2. The van der Waals surface area contributed by atoms with Gasteiger partial charge in [-0.1, -0.05) is 91.8 Å². The molecule has 6 N–H and O–H groups in total. The number of sulfonamides is 2. The number of aromatic amines is 2. The molecule has 17 nitrogen and oxygen atoms in total. The third-order valence-electron chi connectivity index (χ3n) is 6.95. The Morgan fingerprint density at radius 3 is 1.15 bits per heavy atom. The lowest BCUT2D eigenvalue weighted by Gasteiger charge is -2.26. The fraction of sp³-hybridized carbons (Fsp3) is 0.486. The van der Waals surface area contributed by atoms with Gasteiger partial charge in [-0.05, 0) is 12.1 Å². The van der Waals surface area contributed by atoms with Crippen LogP contribution in [0.2, 0.25) is 0 Å². The molecule has 0 unspecified atom stereocenters. The van der Waals surface area contributed by atoms with Crippen molar-refractivity contribution >= 4 is 53.7 Å².